The molecule has 0 saturated heterocycles. The summed E-state index contributed by atoms with van der Waals surface area (Å²) in [5, 5.41) is -0.119. The zero-order valence-corrected chi connectivity index (χ0v) is 6.23. The van der Waals surface area contributed by atoms with E-state index in [2.05, 4.69) is 6.92 Å². The molecule has 10 heavy (non-hydrogen) atoms. The van der Waals surface area contributed by atoms with Gasteiger partial charge in [-0.1, -0.05) is 30.0 Å². The van der Waals surface area contributed by atoms with Crippen molar-refractivity contribution in [2.45, 2.75) is 4.90 Å². The van der Waals surface area contributed by atoms with Crippen LogP contribution in [0.15, 0.2) is 35.2 Å². The van der Waals surface area contributed by atoms with E-state index in [0.29, 0.717) is 0 Å². The lowest BCUT2D eigenvalue weighted by molar-refractivity contribution is -0.107. The van der Waals surface area contributed by atoms with Crippen LogP contribution in [-0.4, -0.2) is 5.12 Å². The molecule has 1 rings (SSSR count). The van der Waals surface area contributed by atoms with Crippen LogP contribution in [-0.2, 0) is 4.79 Å². The van der Waals surface area contributed by atoms with Crippen molar-refractivity contribution in [1.82, 2.24) is 0 Å². The normalized spacial score (nSPS) is 9.30. The fraction of sp³-hybridized carbons (Fsp3) is 0. The average molecular weight is 151 g/mol. The summed E-state index contributed by atoms with van der Waals surface area (Å²) >= 11 is 1.15. The van der Waals surface area contributed by atoms with Crippen LogP contribution in [0.2, 0.25) is 0 Å². The molecule has 2 heteroatoms. The van der Waals surface area contributed by atoms with Gasteiger partial charge in [-0.3, -0.25) is 4.79 Å². The van der Waals surface area contributed by atoms with Crippen LogP contribution in [0.25, 0.3) is 0 Å². The first kappa shape index (κ1) is 7.35. The minimum absolute atomic E-state index is 0.119. The first-order valence-electron chi connectivity index (χ1n) is 2.88. The second kappa shape index (κ2) is 3.42. The Bertz CT molecular complexity index is 218. The Balaban J connectivity index is 2.67. The first-order chi connectivity index (χ1) is 4.79. The summed E-state index contributed by atoms with van der Waals surface area (Å²) in [6, 6.07) is 9.47. The number of thioether (sulfide) groups is 1. The van der Waals surface area contributed by atoms with Crippen LogP contribution in [0.5, 0.6) is 0 Å². The highest BCUT2D eigenvalue weighted by atomic mass is 32.2. The number of carbonyl (C=O) groups excluding carboxylic acids is 1. The lowest BCUT2D eigenvalue weighted by Gasteiger charge is -1.92. The number of hydrogen-bond donors (Lipinski definition) is 0. The van der Waals surface area contributed by atoms with Gasteiger partial charge < -0.3 is 0 Å². The largest absolute Gasteiger partial charge is 0.287 e. The van der Waals surface area contributed by atoms with Crippen LogP contribution in [0.4, 0.5) is 0 Å². The van der Waals surface area contributed by atoms with Crippen molar-refractivity contribution in [3.63, 3.8) is 0 Å². The summed E-state index contributed by atoms with van der Waals surface area (Å²) in [5.41, 5.74) is 0. The molecule has 0 spiro atoms. The molecular weight excluding hydrogens is 144 g/mol. The van der Waals surface area contributed by atoms with E-state index in [-0.39, 0.29) is 5.12 Å². The van der Waals surface area contributed by atoms with Gasteiger partial charge in [-0.15, -0.1) is 0 Å². The molecule has 0 aliphatic heterocycles. The van der Waals surface area contributed by atoms with E-state index in [1.165, 1.54) is 0 Å². The Morgan fingerprint density at radius 1 is 1.30 bits per heavy atom. The number of benzene rings is 1. The van der Waals surface area contributed by atoms with Crippen molar-refractivity contribution >= 4 is 16.9 Å². The molecule has 0 N–H and O–H groups in total. The second-order valence-electron chi connectivity index (χ2n) is 1.79. The molecule has 0 unspecified atom stereocenters. The zero-order valence-electron chi connectivity index (χ0n) is 5.41. The van der Waals surface area contributed by atoms with Crippen LogP contribution in [0, 0.1) is 6.92 Å². The van der Waals surface area contributed by atoms with Crippen molar-refractivity contribution in [2.75, 3.05) is 0 Å². The molecule has 0 aromatic heterocycles. The van der Waals surface area contributed by atoms with E-state index in [1.54, 1.807) is 0 Å². The highest BCUT2D eigenvalue weighted by Crippen LogP contribution is 2.16. The minimum atomic E-state index is -0.119. The number of carbonyl (C=O) groups is 1. The van der Waals surface area contributed by atoms with Crippen molar-refractivity contribution in [2.24, 2.45) is 0 Å². The van der Waals surface area contributed by atoms with Crippen molar-refractivity contribution in [3.05, 3.63) is 37.3 Å². The van der Waals surface area contributed by atoms with Crippen LogP contribution in [0.1, 0.15) is 0 Å². The lowest BCUT2D eigenvalue weighted by atomic mass is 10.4. The van der Waals surface area contributed by atoms with E-state index < -0.39 is 0 Å². The van der Waals surface area contributed by atoms with Crippen LogP contribution >= 0.6 is 11.8 Å². The molecule has 0 atom stereocenters. The average Bonchev–Trinajstić information content (AvgIpc) is 1.88. The van der Waals surface area contributed by atoms with E-state index in [1.807, 2.05) is 30.3 Å². The smallest absolute Gasteiger partial charge is 0.194 e. The summed E-state index contributed by atoms with van der Waals surface area (Å²) in [7, 11) is 0. The standard InChI is InChI=1S/C8H7OS/c1-7(9)10-8-5-3-2-4-6-8/h2-6H,1H2. The fourth-order valence-electron chi connectivity index (χ4n) is 0.620. The van der Waals surface area contributed by atoms with E-state index in [0.717, 1.165) is 16.7 Å². The van der Waals surface area contributed by atoms with Gasteiger partial charge in [0.15, 0.2) is 5.12 Å². The third kappa shape index (κ3) is 2.23. The van der Waals surface area contributed by atoms with E-state index in [9.17, 15) is 4.79 Å². The van der Waals surface area contributed by atoms with Crippen molar-refractivity contribution < 1.29 is 4.79 Å². The molecule has 0 saturated carbocycles. The zero-order chi connectivity index (χ0) is 7.40. The van der Waals surface area contributed by atoms with Gasteiger partial charge in [0.05, 0.1) is 0 Å². The molecule has 0 bridgehead atoms. The molecule has 0 fully saturated rings. The maximum atomic E-state index is 10.5. The minimum Gasteiger partial charge on any atom is -0.287 e. The summed E-state index contributed by atoms with van der Waals surface area (Å²) in [5.74, 6) is 0. The summed E-state index contributed by atoms with van der Waals surface area (Å²) in [6.45, 7) is 3.26. The van der Waals surface area contributed by atoms with Gasteiger partial charge in [0.1, 0.15) is 0 Å². The monoisotopic (exact) mass is 151 g/mol. The van der Waals surface area contributed by atoms with Gasteiger partial charge in [0.2, 0.25) is 0 Å². The summed E-state index contributed by atoms with van der Waals surface area (Å²) in [4.78, 5) is 11.4. The molecule has 0 aliphatic rings. The molecule has 0 aliphatic carbocycles. The molecular formula is C8H7OS. The predicted molar refractivity (Wildman–Crippen MR) is 42.7 cm³/mol. The SMILES string of the molecule is [CH2]C(=O)Sc1ccccc1. The molecule has 1 radical (unpaired) electrons. The maximum Gasteiger partial charge on any atom is 0.194 e. The first-order valence-corrected chi connectivity index (χ1v) is 3.69. The van der Waals surface area contributed by atoms with E-state index in [4.69, 9.17) is 0 Å². The Morgan fingerprint density at radius 3 is 2.40 bits per heavy atom. The van der Waals surface area contributed by atoms with Gasteiger partial charge in [0.25, 0.3) is 0 Å². The highest BCUT2D eigenvalue weighted by Gasteiger charge is 1.94. The summed E-state index contributed by atoms with van der Waals surface area (Å²) < 4.78 is 0. The fourth-order valence-corrected chi connectivity index (χ4v) is 1.18. The van der Waals surface area contributed by atoms with E-state index >= 15 is 0 Å². The number of hydrogen-bond acceptors (Lipinski definition) is 2. The molecule has 1 nitrogen and oxygen atoms in total. The van der Waals surface area contributed by atoms with Crippen molar-refractivity contribution in [3.8, 4) is 0 Å². The highest BCUT2D eigenvalue weighted by molar-refractivity contribution is 8.13. The summed E-state index contributed by atoms with van der Waals surface area (Å²) in [6.07, 6.45) is 0. The molecule has 1 aromatic rings. The third-order valence-corrected chi connectivity index (χ3v) is 1.71. The second-order valence-corrected chi connectivity index (χ2v) is 2.92. The lowest BCUT2D eigenvalue weighted by Crippen LogP contribution is -1.79. The van der Waals surface area contributed by atoms with Crippen molar-refractivity contribution in [1.29, 1.82) is 0 Å². The van der Waals surface area contributed by atoms with Gasteiger partial charge in [-0.05, 0) is 12.1 Å². The predicted octanol–water partition coefficient (Wildman–Crippen LogP) is 2.14. The molecule has 0 amide bonds. The Morgan fingerprint density at radius 2 is 1.90 bits per heavy atom. The molecule has 51 valence electrons. The van der Waals surface area contributed by atoms with Crippen LogP contribution in [0.3, 0.4) is 0 Å². The molecule has 1 aromatic carbocycles. The Labute approximate surface area is 64.4 Å². The van der Waals surface area contributed by atoms with Gasteiger partial charge >= 0.3 is 0 Å². The quantitative estimate of drug-likeness (QED) is 0.572. The van der Waals surface area contributed by atoms with Crippen LogP contribution < -0.4 is 0 Å². The Hall–Kier alpha value is -0.760. The van der Waals surface area contributed by atoms with Gasteiger partial charge in [0, 0.05) is 11.8 Å². The Kier molecular flexibility index (Phi) is 2.51. The molecule has 0 heterocycles. The van der Waals surface area contributed by atoms with Gasteiger partial charge in [-0.25, -0.2) is 0 Å². The third-order valence-electron chi connectivity index (χ3n) is 0.975. The number of rotatable bonds is 1. The topological polar surface area (TPSA) is 17.1 Å². The van der Waals surface area contributed by atoms with Gasteiger partial charge in [-0.2, -0.15) is 0 Å². The maximum absolute atomic E-state index is 10.5.